The van der Waals surface area contributed by atoms with Crippen LogP contribution < -0.4 is 11.1 Å². The second kappa shape index (κ2) is 5.80. The van der Waals surface area contributed by atoms with Gasteiger partial charge in [0, 0.05) is 26.8 Å². The normalized spacial score (nSPS) is 22.2. The fourth-order valence-corrected chi connectivity index (χ4v) is 2.38. The summed E-state index contributed by atoms with van der Waals surface area (Å²) in [6, 6.07) is 0.561. The van der Waals surface area contributed by atoms with Gasteiger partial charge in [0.05, 0.1) is 5.54 Å². The summed E-state index contributed by atoms with van der Waals surface area (Å²) in [5.41, 5.74) is 5.52. The molecule has 0 spiro atoms. The molecule has 4 heteroatoms. The minimum absolute atomic E-state index is 0.289. The molecule has 0 amide bonds. The first-order valence-electron chi connectivity index (χ1n) is 5.69. The molecular formula is C11H24N2O2. The van der Waals surface area contributed by atoms with Crippen LogP contribution in [0.4, 0.5) is 0 Å². The molecule has 0 heterocycles. The molecule has 0 saturated heterocycles. The highest BCUT2D eigenvalue weighted by molar-refractivity contribution is 4.92. The van der Waals surface area contributed by atoms with Gasteiger partial charge in [-0.05, 0) is 19.8 Å². The molecule has 15 heavy (non-hydrogen) atoms. The van der Waals surface area contributed by atoms with Crippen molar-refractivity contribution in [2.45, 2.75) is 50.5 Å². The summed E-state index contributed by atoms with van der Waals surface area (Å²) < 4.78 is 10.6. The van der Waals surface area contributed by atoms with Crippen molar-refractivity contribution in [1.29, 1.82) is 0 Å². The van der Waals surface area contributed by atoms with E-state index in [-0.39, 0.29) is 11.8 Å². The molecule has 1 unspecified atom stereocenters. The van der Waals surface area contributed by atoms with Crippen LogP contribution in [0.1, 0.15) is 32.6 Å². The standard InChI is InChI=1S/C11H24N2O2/c1-11(8-12,10(14-2)15-3)13-9-6-4-5-7-9/h9-10,13H,4-8,12H2,1-3H3. The highest BCUT2D eigenvalue weighted by atomic mass is 16.7. The lowest BCUT2D eigenvalue weighted by Crippen LogP contribution is -2.60. The summed E-state index contributed by atoms with van der Waals surface area (Å²) in [7, 11) is 3.30. The second-order valence-corrected chi connectivity index (χ2v) is 4.55. The first kappa shape index (κ1) is 12.9. The van der Waals surface area contributed by atoms with Gasteiger partial charge >= 0.3 is 0 Å². The number of rotatable bonds is 6. The Morgan fingerprint density at radius 3 is 2.27 bits per heavy atom. The highest BCUT2D eigenvalue weighted by Crippen LogP contribution is 2.22. The van der Waals surface area contributed by atoms with E-state index in [2.05, 4.69) is 12.2 Å². The van der Waals surface area contributed by atoms with Crippen molar-refractivity contribution in [3.63, 3.8) is 0 Å². The number of methoxy groups -OCH3 is 2. The third kappa shape index (κ3) is 3.14. The van der Waals surface area contributed by atoms with Crippen LogP contribution in [-0.4, -0.2) is 38.6 Å². The van der Waals surface area contributed by atoms with Crippen molar-refractivity contribution in [1.82, 2.24) is 5.32 Å². The van der Waals surface area contributed by atoms with Gasteiger partial charge in [0.15, 0.2) is 6.29 Å². The molecule has 1 atom stereocenters. The van der Waals surface area contributed by atoms with Crippen LogP contribution in [0.5, 0.6) is 0 Å². The monoisotopic (exact) mass is 216 g/mol. The maximum absolute atomic E-state index is 5.81. The molecule has 0 aromatic rings. The molecule has 0 aromatic heterocycles. The Morgan fingerprint density at radius 2 is 1.87 bits per heavy atom. The summed E-state index contributed by atoms with van der Waals surface area (Å²) in [6.07, 6.45) is 4.79. The van der Waals surface area contributed by atoms with E-state index in [1.54, 1.807) is 14.2 Å². The number of nitrogens with one attached hydrogen (secondary N) is 1. The summed E-state index contributed by atoms with van der Waals surface area (Å²) in [5.74, 6) is 0. The van der Waals surface area contributed by atoms with E-state index in [9.17, 15) is 0 Å². The second-order valence-electron chi connectivity index (χ2n) is 4.55. The predicted molar refractivity (Wildman–Crippen MR) is 60.7 cm³/mol. The van der Waals surface area contributed by atoms with Gasteiger partial charge in [0.25, 0.3) is 0 Å². The van der Waals surface area contributed by atoms with Crippen molar-refractivity contribution in [2.24, 2.45) is 5.73 Å². The smallest absolute Gasteiger partial charge is 0.175 e. The van der Waals surface area contributed by atoms with Gasteiger partial charge in [0.1, 0.15) is 0 Å². The Morgan fingerprint density at radius 1 is 1.33 bits per heavy atom. The summed E-state index contributed by atoms with van der Waals surface area (Å²) >= 11 is 0. The Kier molecular flexibility index (Phi) is 4.99. The Labute approximate surface area is 92.5 Å². The first-order valence-corrected chi connectivity index (χ1v) is 5.69. The van der Waals surface area contributed by atoms with Crippen LogP contribution in [0.25, 0.3) is 0 Å². The minimum atomic E-state index is -0.293. The molecular weight excluding hydrogens is 192 g/mol. The highest BCUT2D eigenvalue weighted by Gasteiger charge is 2.36. The van der Waals surface area contributed by atoms with Crippen molar-refractivity contribution in [2.75, 3.05) is 20.8 Å². The minimum Gasteiger partial charge on any atom is -0.354 e. The van der Waals surface area contributed by atoms with Crippen LogP contribution in [0.3, 0.4) is 0 Å². The average molecular weight is 216 g/mol. The lowest BCUT2D eigenvalue weighted by Gasteiger charge is -2.37. The van der Waals surface area contributed by atoms with E-state index in [1.165, 1.54) is 25.7 Å². The molecule has 0 aromatic carbocycles. The SMILES string of the molecule is COC(OC)C(C)(CN)NC1CCCC1. The first-order chi connectivity index (χ1) is 7.16. The van der Waals surface area contributed by atoms with E-state index in [1.807, 2.05) is 0 Å². The molecule has 0 aliphatic heterocycles. The van der Waals surface area contributed by atoms with Crippen LogP contribution in [0, 0.1) is 0 Å². The summed E-state index contributed by atoms with van der Waals surface area (Å²) in [4.78, 5) is 0. The molecule has 1 aliphatic rings. The average Bonchev–Trinajstić information content (AvgIpc) is 2.72. The predicted octanol–water partition coefficient (Wildman–Crippen LogP) is 0.855. The number of nitrogens with two attached hydrogens (primary N) is 1. The van der Waals surface area contributed by atoms with E-state index >= 15 is 0 Å². The number of hydrogen-bond acceptors (Lipinski definition) is 4. The molecule has 3 N–H and O–H groups in total. The quantitative estimate of drug-likeness (QED) is 0.646. The van der Waals surface area contributed by atoms with E-state index in [0.29, 0.717) is 12.6 Å². The summed E-state index contributed by atoms with van der Waals surface area (Å²) in [6.45, 7) is 2.57. The van der Waals surface area contributed by atoms with Gasteiger partial charge < -0.3 is 20.5 Å². The topological polar surface area (TPSA) is 56.5 Å². The number of ether oxygens (including phenoxy) is 2. The zero-order valence-corrected chi connectivity index (χ0v) is 10.1. The fraction of sp³-hybridized carbons (Fsp3) is 1.00. The van der Waals surface area contributed by atoms with Gasteiger partial charge in [-0.25, -0.2) is 0 Å². The largest absolute Gasteiger partial charge is 0.354 e. The molecule has 1 rings (SSSR count). The maximum Gasteiger partial charge on any atom is 0.175 e. The zero-order chi connectivity index (χ0) is 11.3. The third-order valence-electron chi connectivity index (χ3n) is 3.26. The van der Waals surface area contributed by atoms with Crippen LogP contribution >= 0.6 is 0 Å². The molecule has 1 saturated carbocycles. The van der Waals surface area contributed by atoms with E-state index in [0.717, 1.165) is 0 Å². The lowest BCUT2D eigenvalue weighted by molar-refractivity contribution is -0.151. The molecule has 0 bridgehead atoms. The Bertz CT molecular complexity index is 179. The number of hydrogen-bond donors (Lipinski definition) is 2. The van der Waals surface area contributed by atoms with Gasteiger partial charge in [-0.2, -0.15) is 0 Å². The van der Waals surface area contributed by atoms with Crippen LogP contribution in [-0.2, 0) is 9.47 Å². The maximum atomic E-state index is 5.81. The van der Waals surface area contributed by atoms with E-state index in [4.69, 9.17) is 15.2 Å². The van der Waals surface area contributed by atoms with Crippen molar-refractivity contribution in [3.05, 3.63) is 0 Å². The molecule has 1 fully saturated rings. The molecule has 90 valence electrons. The van der Waals surface area contributed by atoms with Crippen molar-refractivity contribution in [3.8, 4) is 0 Å². The molecule has 1 aliphatic carbocycles. The molecule has 4 nitrogen and oxygen atoms in total. The van der Waals surface area contributed by atoms with Gasteiger partial charge in [-0.3, -0.25) is 0 Å². The summed E-state index contributed by atoms with van der Waals surface area (Å²) in [5, 5.41) is 3.57. The zero-order valence-electron chi connectivity index (χ0n) is 10.1. The fourth-order valence-electron chi connectivity index (χ4n) is 2.38. The molecule has 0 radical (unpaired) electrons. The third-order valence-corrected chi connectivity index (χ3v) is 3.26. The van der Waals surface area contributed by atoms with Crippen molar-refractivity contribution >= 4 is 0 Å². The lowest BCUT2D eigenvalue weighted by atomic mass is 9.99. The Balaban J connectivity index is 2.56. The Hall–Kier alpha value is -0.160. The van der Waals surface area contributed by atoms with Gasteiger partial charge in [-0.15, -0.1) is 0 Å². The van der Waals surface area contributed by atoms with Gasteiger partial charge in [-0.1, -0.05) is 12.8 Å². The van der Waals surface area contributed by atoms with Gasteiger partial charge in [0.2, 0.25) is 0 Å². The van der Waals surface area contributed by atoms with Crippen LogP contribution in [0.15, 0.2) is 0 Å². The van der Waals surface area contributed by atoms with Crippen LogP contribution in [0.2, 0.25) is 0 Å². The van der Waals surface area contributed by atoms with Crippen molar-refractivity contribution < 1.29 is 9.47 Å². The van der Waals surface area contributed by atoms with E-state index < -0.39 is 0 Å².